The van der Waals surface area contributed by atoms with Crippen LogP contribution in [0.25, 0.3) is 0 Å². The van der Waals surface area contributed by atoms with Gasteiger partial charge in [0.1, 0.15) is 19.3 Å². The smallest absolute Gasteiger partial charge is 0.306 e. The fraction of sp³-hybridized carbons (Fsp3) is 0.982. The Bertz CT molecular complexity index is 992. The molecule has 9 heteroatoms. The Balaban J connectivity index is 4.00. The molecule has 0 rings (SSSR count). The molecule has 64 heavy (non-hydrogen) atoms. The first-order chi connectivity index (χ1) is 31.1. The molecular formula is C55H112NO7P. The van der Waals surface area contributed by atoms with Crippen LogP contribution in [0.3, 0.4) is 0 Å². The maximum atomic E-state index is 12.8. The normalized spacial score (nSPS) is 13.4. The Morgan fingerprint density at radius 1 is 0.422 bits per heavy atom. The Hall–Kier alpha value is -0.500. The van der Waals surface area contributed by atoms with Gasteiger partial charge in [-0.2, -0.15) is 0 Å². The maximum absolute atomic E-state index is 12.8. The van der Waals surface area contributed by atoms with Crippen molar-refractivity contribution in [2.45, 2.75) is 296 Å². The number of unbranched alkanes of at least 4 members (excludes halogenated alkanes) is 40. The van der Waals surface area contributed by atoms with Gasteiger partial charge in [0.15, 0.2) is 0 Å². The molecule has 0 aliphatic heterocycles. The van der Waals surface area contributed by atoms with Crippen molar-refractivity contribution in [2.24, 2.45) is 0 Å². The van der Waals surface area contributed by atoms with E-state index in [1.165, 1.54) is 238 Å². The minimum Gasteiger partial charge on any atom is -0.756 e. The number of carbonyl (C=O) groups excluding carboxylic acids is 1. The Morgan fingerprint density at radius 2 is 0.719 bits per heavy atom. The highest BCUT2D eigenvalue weighted by molar-refractivity contribution is 7.45. The quantitative estimate of drug-likeness (QED) is 0.0259. The van der Waals surface area contributed by atoms with Crippen molar-refractivity contribution in [2.75, 3.05) is 54.1 Å². The van der Waals surface area contributed by atoms with E-state index in [9.17, 15) is 14.3 Å². The molecule has 0 aliphatic rings. The zero-order chi connectivity index (χ0) is 46.9. The van der Waals surface area contributed by atoms with Crippen LogP contribution < -0.4 is 4.89 Å². The van der Waals surface area contributed by atoms with Crippen molar-refractivity contribution in [1.82, 2.24) is 0 Å². The summed E-state index contributed by atoms with van der Waals surface area (Å²) >= 11 is 0. The molecule has 0 bridgehead atoms. The average molecular weight is 930 g/mol. The van der Waals surface area contributed by atoms with Gasteiger partial charge in [-0.3, -0.25) is 9.36 Å². The molecule has 0 aromatic rings. The highest BCUT2D eigenvalue weighted by Crippen LogP contribution is 2.38. The zero-order valence-electron chi connectivity index (χ0n) is 43.8. The summed E-state index contributed by atoms with van der Waals surface area (Å²) in [4.78, 5) is 25.2. The summed E-state index contributed by atoms with van der Waals surface area (Å²) in [6.07, 6.45) is 55.7. The van der Waals surface area contributed by atoms with Crippen molar-refractivity contribution in [3.63, 3.8) is 0 Å². The van der Waals surface area contributed by atoms with Gasteiger partial charge in [-0.15, -0.1) is 0 Å². The Labute approximate surface area is 399 Å². The van der Waals surface area contributed by atoms with Crippen LogP contribution in [-0.2, 0) is 27.9 Å². The fourth-order valence-corrected chi connectivity index (χ4v) is 9.28. The van der Waals surface area contributed by atoms with Gasteiger partial charge in [-0.25, -0.2) is 0 Å². The van der Waals surface area contributed by atoms with E-state index in [0.717, 1.165) is 32.1 Å². The van der Waals surface area contributed by atoms with E-state index in [-0.39, 0.29) is 25.8 Å². The molecule has 0 heterocycles. The summed E-state index contributed by atoms with van der Waals surface area (Å²) in [6.45, 7) is 5.51. The number of rotatable bonds is 54. The lowest BCUT2D eigenvalue weighted by atomic mass is 10.0. The van der Waals surface area contributed by atoms with Crippen LogP contribution in [0.5, 0.6) is 0 Å². The number of carbonyl (C=O) groups is 1. The third kappa shape index (κ3) is 52.5. The maximum Gasteiger partial charge on any atom is 0.306 e. The van der Waals surface area contributed by atoms with Gasteiger partial charge in [-0.05, 0) is 12.8 Å². The number of esters is 1. The zero-order valence-corrected chi connectivity index (χ0v) is 44.7. The van der Waals surface area contributed by atoms with Crippen LogP contribution in [0, 0.1) is 0 Å². The third-order valence-electron chi connectivity index (χ3n) is 12.9. The molecule has 0 aromatic carbocycles. The molecule has 0 saturated carbocycles. The van der Waals surface area contributed by atoms with Gasteiger partial charge in [0.05, 0.1) is 34.4 Å². The van der Waals surface area contributed by atoms with Crippen molar-refractivity contribution in [3.8, 4) is 0 Å². The fourth-order valence-electron chi connectivity index (χ4n) is 8.55. The molecule has 0 N–H and O–H groups in total. The molecule has 2 unspecified atom stereocenters. The molecule has 0 aromatic heterocycles. The summed E-state index contributed by atoms with van der Waals surface area (Å²) in [5.74, 6) is -0.324. The number of hydrogen-bond acceptors (Lipinski definition) is 7. The molecule has 0 radical (unpaired) electrons. The van der Waals surface area contributed by atoms with Gasteiger partial charge in [-0.1, -0.05) is 271 Å². The van der Waals surface area contributed by atoms with E-state index in [0.29, 0.717) is 24.1 Å². The largest absolute Gasteiger partial charge is 0.756 e. The highest BCUT2D eigenvalue weighted by atomic mass is 31.2. The number of quaternary nitrogens is 1. The van der Waals surface area contributed by atoms with Crippen LogP contribution >= 0.6 is 7.82 Å². The van der Waals surface area contributed by atoms with E-state index < -0.39 is 13.9 Å². The second-order valence-electron chi connectivity index (χ2n) is 20.7. The molecule has 2 atom stereocenters. The van der Waals surface area contributed by atoms with Gasteiger partial charge >= 0.3 is 5.97 Å². The number of nitrogens with zero attached hydrogens (tertiary/aromatic N) is 1. The van der Waals surface area contributed by atoms with E-state index in [2.05, 4.69) is 13.8 Å². The van der Waals surface area contributed by atoms with E-state index in [4.69, 9.17) is 18.5 Å². The van der Waals surface area contributed by atoms with Crippen LogP contribution in [0.15, 0.2) is 0 Å². The summed E-state index contributed by atoms with van der Waals surface area (Å²) in [5.41, 5.74) is 0. The topological polar surface area (TPSA) is 94.1 Å². The number of phosphoric acid groups is 1. The second kappa shape index (κ2) is 48.9. The van der Waals surface area contributed by atoms with E-state index in [1.807, 2.05) is 21.1 Å². The van der Waals surface area contributed by atoms with Gasteiger partial charge in [0, 0.05) is 13.0 Å². The van der Waals surface area contributed by atoms with Crippen molar-refractivity contribution in [3.05, 3.63) is 0 Å². The molecule has 0 spiro atoms. The van der Waals surface area contributed by atoms with Crippen molar-refractivity contribution >= 4 is 13.8 Å². The summed E-state index contributed by atoms with van der Waals surface area (Å²) in [6, 6.07) is 0. The van der Waals surface area contributed by atoms with Crippen molar-refractivity contribution < 1.29 is 37.3 Å². The van der Waals surface area contributed by atoms with Crippen LogP contribution in [0.2, 0.25) is 0 Å². The molecule has 0 fully saturated rings. The standard InChI is InChI=1S/C55H112NO7P/c1-6-8-10-12-14-16-18-20-22-24-26-27-28-29-30-31-33-35-37-39-41-43-45-47-50-60-52-54(53-62-64(58,59)61-51-49-56(3,4)5)63-55(57)48-46-44-42-40-38-36-34-32-25-23-21-19-17-15-13-11-9-7-2/h54H,6-53H2,1-5H3. The Kier molecular flexibility index (Phi) is 48.6. The Morgan fingerprint density at radius 3 is 1.03 bits per heavy atom. The third-order valence-corrected chi connectivity index (χ3v) is 13.9. The lowest BCUT2D eigenvalue weighted by Gasteiger charge is -2.28. The monoisotopic (exact) mass is 930 g/mol. The SMILES string of the molecule is CCCCCCCCCCCCCCCCCCCCCCCCCCOCC(COP(=O)([O-])OCC[N+](C)(C)C)OC(=O)CCCCCCCCCCCCCCCCCCCC. The van der Waals surface area contributed by atoms with Gasteiger partial charge < -0.3 is 27.9 Å². The highest BCUT2D eigenvalue weighted by Gasteiger charge is 2.20. The first-order valence-corrected chi connectivity index (χ1v) is 29.7. The van der Waals surface area contributed by atoms with Gasteiger partial charge in [0.2, 0.25) is 0 Å². The minimum absolute atomic E-state index is 0.0319. The minimum atomic E-state index is -4.52. The molecular weight excluding hydrogens is 818 g/mol. The molecule has 384 valence electrons. The number of likely N-dealkylation sites (N-methyl/N-ethyl adjacent to an activating group) is 1. The number of hydrogen-bond donors (Lipinski definition) is 0. The van der Waals surface area contributed by atoms with E-state index >= 15 is 0 Å². The van der Waals surface area contributed by atoms with Gasteiger partial charge in [0.25, 0.3) is 7.82 Å². The first kappa shape index (κ1) is 63.5. The molecule has 0 saturated heterocycles. The number of ether oxygens (including phenoxy) is 2. The lowest BCUT2D eigenvalue weighted by molar-refractivity contribution is -0.870. The predicted molar refractivity (Wildman–Crippen MR) is 273 cm³/mol. The molecule has 8 nitrogen and oxygen atoms in total. The van der Waals surface area contributed by atoms with Crippen molar-refractivity contribution in [1.29, 1.82) is 0 Å². The van der Waals surface area contributed by atoms with Crippen LogP contribution in [-0.4, -0.2) is 70.7 Å². The summed E-state index contributed by atoms with van der Waals surface area (Å²) in [5, 5.41) is 0. The number of phosphoric ester groups is 1. The van der Waals surface area contributed by atoms with E-state index in [1.54, 1.807) is 0 Å². The lowest BCUT2D eigenvalue weighted by Crippen LogP contribution is -2.37. The summed E-state index contributed by atoms with van der Waals surface area (Å²) in [7, 11) is 1.38. The molecule has 0 aliphatic carbocycles. The first-order valence-electron chi connectivity index (χ1n) is 28.3. The molecule has 0 amide bonds. The van der Waals surface area contributed by atoms with Crippen LogP contribution in [0.1, 0.15) is 290 Å². The predicted octanol–water partition coefficient (Wildman–Crippen LogP) is 16.9. The van der Waals surface area contributed by atoms with Crippen LogP contribution in [0.4, 0.5) is 0 Å². The average Bonchev–Trinajstić information content (AvgIpc) is 3.25. The second-order valence-corrected chi connectivity index (χ2v) is 22.1. The summed E-state index contributed by atoms with van der Waals surface area (Å²) < 4.78 is 34.8.